The second-order valence-electron chi connectivity index (χ2n) is 9.17. The molecule has 0 N–H and O–H groups in total. The minimum absolute atomic E-state index is 0.107. The maximum Gasteiger partial charge on any atom is 0.269 e. The summed E-state index contributed by atoms with van der Waals surface area (Å²) in [6.45, 7) is 4.42. The van der Waals surface area contributed by atoms with Crippen LogP contribution in [0.2, 0.25) is 0 Å². The van der Waals surface area contributed by atoms with Gasteiger partial charge in [0.05, 0.1) is 11.5 Å². The van der Waals surface area contributed by atoms with E-state index in [2.05, 4.69) is 15.9 Å². The molecular formula is C24H31N3O3. The first-order valence-electron chi connectivity index (χ1n) is 11.5. The van der Waals surface area contributed by atoms with E-state index in [0.717, 1.165) is 36.1 Å². The molecule has 2 atom stereocenters. The Morgan fingerprint density at radius 2 is 1.73 bits per heavy atom. The van der Waals surface area contributed by atoms with Gasteiger partial charge in [0.15, 0.2) is 0 Å². The standard InChI is InChI=1S/C24H31N3O3/c28-27(29)20-10-8-18(9-11-20)23-13-12-21(30-23)17-26-16-15-25-14-4-7-22(25)24(26)19-5-2-1-3-6-19/h8-13,19,22,24H,1-7,14-17H2/t22-,24+/m0/s1. The molecule has 0 spiro atoms. The van der Waals surface area contributed by atoms with Crippen molar-refractivity contribution in [3.63, 3.8) is 0 Å². The van der Waals surface area contributed by atoms with Gasteiger partial charge in [0, 0.05) is 42.9 Å². The fourth-order valence-electron chi connectivity index (χ4n) is 6.00. The second-order valence-corrected chi connectivity index (χ2v) is 9.17. The van der Waals surface area contributed by atoms with Crippen molar-refractivity contribution in [3.05, 3.63) is 52.3 Å². The lowest BCUT2D eigenvalue weighted by atomic mass is 9.78. The molecule has 1 saturated carbocycles. The summed E-state index contributed by atoms with van der Waals surface area (Å²) in [6, 6.07) is 12.0. The van der Waals surface area contributed by atoms with Crippen molar-refractivity contribution >= 4 is 5.69 Å². The molecule has 5 rings (SSSR count). The van der Waals surface area contributed by atoms with Crippen molar-refractivity contribution in [2.75, 3.05) is 19.6 Å². The fourth-order valence-corrected chi connectivity index (χ4v) is 6.00. The molecule has 6 heteroatoms. The van der Waals surface area contributed by atoms with Crippen molar-refractivity contribution in [3.8, 4) is 11.3 Å². The van der Waals surface area contributed by atoms with Gasteiger partial charge >= 0.3 is 0 Å². The van der Waals surface area contributed by atoms with Crippen molar-refractivity contribution in [2.24, 2.45) is 5.92 Å². The van der Waals surface area contributed by atoms with Crippen LogP contribution < -0.4 is 0 Å². The van der Waals surface area contributed by atoms with Gasteiger partial charge in [-0.1, -0.05) is 19.3 Å². The van der Waals surface area contributed by atoms with Crippen LogP contribution in [0.3, 0.4) is 0 Å². The van der Waals surface area contributed by atoms with E-state index < -0.39 is 0 Å². The van der Waals surface area contributed by atoms with Crippen molar-refractivity contribution in [1.29, 1.82) is 0 Å². The zero-order valence-corrected chi connectivity index (χ0v) is 17.5. The van der Waals surface area contributed by atoms with Crippen molar-refractivity contribution < 1.29 is 9.34 Å². The van der Waals surface area contributed by atoms with E-state index in [1.807, 2.05) is 6.07 Å². The molecule has 0 radical (unpaired) electrons. The van der Waals surface area contributed by atoms with Crippen LogP contribution in [0.15, 0.2) is 40.8 Å². The van der Waals surface area contributed by atoms with Gasteiger partial charge in [0.25, 0.3) is 5.69 Å². The molecule has 3 fully saturated rings. The smallest absolute Gasteiger partial charge is 0.269 e. The molecule has 0 bridgehead atoms. The number of hydrogen-bond donors (Lipinski definition) is 0. The van der Waals surface area contributed by atoms with E-state index in [9.17, 15) is 10.1 Å². The monoisotopic (exact) mass is 409 g/mol. The van der Waals surface area contributed by atoms with Gasteiger partial charge < -0.3 is 4.42 Å². The zero-order valence-electron chi connectivity index (χ0n) is 17.5. The minimum atomic E-state index is -0.370. The lowest BCUT2D eigenvalue weighted by Gasteiger charge is -2.49. The third kappa shape index (κ3) is 3.91. The van der Waals surface area contributed by atoms with E-state index in [-0.39, 0.29) is 10.6 Å². The first-order chi connectivity index (χ1) is 14.7. The van der Waals surface area contributed by atoms with E-state index in [1.165, 1.54) is 70.2 Å². The third-order valence-electron chi connectivity index (χ3n) is 7.42. The van der Waals surface area contributed by atoms with Crippen LogP contribution in [0.1, 0.15) is 50.7 Å². The van der Waals surface area contributed by atoms with Gasteiger partial charge in [-0.2, -0.15) is 0 Å². The quantitative estimate of drug-likeness (QED) is 0.509. The molecule has 2 aromatic rings. The van der Waals surface area contributed by atoms with Gasteiger partial charge in [-0.05, 0) is 62.4 Å². The van der Waals surface area contributed by atoms with Gasteiger partial charge in [-0.15, -0.1) is 0 Å². The summed E-state index contributed by atoms with van der Waals surface area (Å²) in [5.41, 5.74) is 0.992. The number of fused-ring (bicyclic) bond motifs is 1. The highest BCUT2D eigenvalue weighted by Gasteiger charge is 2.43. The molecule has 160 valence electrons. The molecule has 2 saturated heterocycles. The number of benzene rings is 1. The summed E-state index contributed by atoms with van der Waals surface area (Å²) in [7, 11) is 0. The van der Waals surface area contributed by atoms with Crippen LogP contribution in [-0.4, -0.2) is 46.4 Å². The van der Waals surface area contributed by atoms with Crippen LogP contribution in [0.4, 0.5) is 5.69 Å². The molecule has 3 heterocycles. The topological polar surface area (TPSA) is 62.8 Å². The first kappa shape index (κ1) is 19.8. The SMILES string of the molecule is O=[N+]([O-])c1ccc(-c2ccc(CN3CCN4CCC[C@H]4[C@H]3C3CCCCC3)o2)cc1. The molecule has 1 aliphatic carbocycles. The minimum Gasteiger partial charge on any atom is -0.460 e. The zero-order chi connectivity index (χ0) is 20.5. The number of nitro benzene ring substituents is 1. The van der Waals surface area contributed by atoms with E-state index in [1.54, 1.807) is 12.1 Å². The van der Waals surface area contributed by atoms with Crippen LogP contribution in [-0.2, 0) is 6.54 Å². The molecule has 3 aliphatic rings. The predicted octanol–water partition coefficient (Wildman–Crippen LogP) is 5.08. The number of hydrogen-bond acceptors (Lipinski definition) is 5. The number of non-ortho nitro benzene ring substituents is 1. The molecule has 1 aromatic carbocycles. The Hall–Kier alpha value is -2.18. The van der Waals surface area contributed by atoms with Crippen LogP contribution >= 0.6 is 0 Å². The number of nitro groups is 1. The van der Waals surface area contributed by atoms with Gasteiger partial charge in [-0.25, -0.2) is 0 Å². The lowest BCUT2D eigenvalue weighted by molar-refractivity contribution is -0.384. The van der Waals surface area contributed by atoms with Gasteiger partial charge in [0.1, 0.15) is 11.5 Å². The highest BCUT2D eigenvalue weighted by Crippen LogP contribution is 2.38. The maximum absolute atomic E-state index is 10.9. The Kier molecular flexibility index (Phi) is 5.61. The highest BCUT2D eigenvalue weighted by molar-refractivity contribution is 5.59. The molecule has 30 heavy (non-hydrogen) atoms. The van der Waals surface area contributed by atoms with E-state index in [4.69, 9.17) is 4.42 Å². The molecule has 6 nitrogen and oxygen atoms in total. The van der Waals surface area contributed by atoms with Crippen LogP contribution in [0, 0.1) is 16.0 Å². The molecule has 0 amide bonds. The van der Waals surface area contributed by atoms with Gasteiger partial charge in [-0.3, -0.25) is 19.9 Å². The summed E-state index contributed by atoms with van der Waals surface area (Å²) in [5, 5.41) is 10.9. The van der Waals surface area contributed by atoms with Crippen molar-refractivity contribution in [1.82, 2.24) is 9.80 Å². The Bertz CT molecular complexity index is 872. The summed E-state index contributed by atoms with van der Waals surface area (Å²) in [5.74, 6) is 2.60. The normalized spacial score (nSPS) is 26.0. The average Bonchev–Trinajstić information content (AvgIpc) is 3.44. The van der Waals surface area contributed by atoms with Crippen LogP contribution in [0.5, 0.6) is 0 Å². The Morgan fingerprint density at radius 1 is 0.933 bits per heavy atom. The number of nitrogens with zero attached hydrogens (tertiary/aromatic N) is 3. The average molecular weight is 410 g/mol. The fraction of sp³-hybridized carbons (Fsp3) is 0.583. The Morgan fingerprint density at radius 3 is 2.50 bits per heavy atom. The van der Waals surface area contributed by atoms with Crippen molar-refractivity contribution in [2.45, 2.75) is 63.6 Å². The number of piperazine rings is 1. The molecular weight excluding hydrogens is 378 g/mol. The maximum atomic E-state index is 10.9. The first-order valence-corrected chi connectivity index (χ1v) is 11.5. The summed E-state index contributed by atoms with van der Waals surface area (Å²) < 4.78 is 6.19. The summed E-state index contributed by atoms with van der Waals surface area (Å²) >= 11 is 0. The molecule has 1 aromatic heterocycles. The Labute approximate surface area is 178 Å². The lowest BCUT2D eigenvalue weighted by Crippen LogP contribution is -2.59. The van der Waals surface area contributed by atoms with E-state index >= 15 is 0 Å². The summed E-state index contributed by atoms with van der Waals surface area (Å²) in [6.07, 6.45) is 9.58. The van der Waals surface area contributed by atoms with Crippen LogP contribution in [0.25, 0.3) is 11.3 Å². The van der Waals surface area contributed by atoms with Gasteiger partial charge in [0.2, 0.25) is 0 Å². The third-order valence-corrected chi connectivity index (χ3v) is 7.42. The highest BCUT2D eigenvalue weighted by atomic mass is 16.6. The Balaban J connectivity index is 1.33. The predicted molar refractivity (Wildman–Crippen MR) is 116 cm³/mol. The largest absolute Gasteiger partial charge is 0.460 e. The molecule has 0 unspecified atom stereocenters. The number of furan rings is 1. The molecule has 2 aliphatic heterocycles. The number of rotatable bonds is 5. The van der Waals surface area contributed by atoms with E-state index in [0.29, 0.717) is 12.1 Å². The summed E-state index contributed by atoms with van der Waals surface area (Å²) in [4.78, 5) is 15.9. The second kappa shape index (κ2) is 8.52.